The number of esters is 1. The fourth-order valence-corrected chi connectivity index (χ4v) is 4.96. The number of carbonyl (C=O) groups excluding carboxylic acids is 1. The van der Waals surface area contributed by atoms with Crippen molar-refractivity contribution in [3.63, 3.8) is 0 Å². The minimum Gasteiger partial charge on any atom is -0.469 e. The summed E-state index contributed by atoms with van der Waals surface area (Å²) in [6.07, 6.45) is 0.173. The van der Waals surface area contributed by atoms with Crippen molar-refractivity contribution in [2.75, 3.05) is 25.2 Å². The van der Waals surface area contributed by atoms with Gasteiger partial charge in [0.05, 0.1) is 30.3 Å². The Morgan fingerprint density at radius 1 is 1.33 bits per heavy atom. The molecule has 1 aliphatic rings. The number of methoxy groups -OCH3 is 1. The zero-order valence-corrected chi connectivity index (χ0v) is 11.7. The number of rotatable bonds is 5. The summed E-state index contributed by atoms with van der Waals surface area (Å²) < 4.78 is 52.7. The van der Waals surface area contributed by atoms with E-state index in [1.165, 1.54) is 7.11 Å². The molecule has 0 aromatic carbocycles. The first-order valence-corrected chi connectivity index (χ1v) is 8.89. The van der Waals surface area contributed by atoms with E-state index in [1.807, 2.05) is 0 Å². The van der Waals surface area contributed by atoms with Gasteiger partial charge in [-0.15, -0.1) is 0 Å². The van der Waals surface area contributed by atoms with Gasteiger partial charge in [0.15, 0.2) is 0 Å². The van der Waals surface area contributed by atoms with Gasteiger partial charge in [-0.2, -0.15) is 0 Å². The summed E-state index contributed by atoms with van der Waals surface area (Å²) in [5.41, 5.74) is 0. The Balaban J connectivity index is 2.47. The Kier molecular flexibility index (Phi) is 5.11. The largest absolute Gasteiger partial charge is 0.469 e. The van der Waals surface area contributed by atoms with Gasteiger partial charge in [-0.3, -0.25) is 4.79 Å². The monoisotopic (exact) mass is 299 g/mol. The summed E-state index contributed by atoms with van der Waals surface area (Å²) >= 11 is 0. The van der Waals surface area contributed by atoms with Crippen LogP contribution in [0.5, 0.6) is 0 Å². The van der Waals surface area contributed by atoms with Crippen molar-refractivity contribution in [2.24, 2.45) is 0 Å². The molecule has 0 spiro atoms. The van der Waals surface area contributed by atoms with Gasteiger partial charge >= 0.3 is 5.97 Å². The van der Waals surface area contributed by atoms with Crippen LogP contribution in [0.3, 0.4) is 0 Å². The molecule has 1 N–H and O–H groups in total. The minimum atomic E-state index is -3.56. The zero-order chi connectivity index (χ0) is 13.8. The molecule has 0 aliphatic carbocycles. The van der Waals surface area contributed by atoms with Gasteiger partial charge < -0.3 is 4.74 Å². The Morgan fingerprint density at radius 3 is 2.39 bits per heavy atom. The van der Waals surface area contributed by atoms with E-state index in [-0.39, 0.29) is 37.3 Å². The normalized spacial score (nSPS) is 20.5. The van der Waals surface area contributed by atoms with Crippen LogP contribution in [0.15, 0.2) is 0 Å². The molecule has 0 atom stereocenters. The van der Waals surface area contributed by atoms with E-state index in [2.05, 4.69) is 9.46 Å². The molecule has 106 valence electrons. The molecule has 1 heterocycles. The third-order valence-corrected chi connectivity index (χ3v) is 6.47. The molecule has 9 heteroatoms. The quantitative estimate of drug-likeness (QED) is 0.656. The Bertz CT molecular complexity index is 481. The number of hydrogen-bond donors (Lipinski definition) is 1. The molecule has 0 aromatic heterocycles. The number of carbonyl (C=O) groups is 1. The highest BCUT2D eigenvalue weighted by Crippen LogP contribution is 2.18. The fraction of sp³-hybridized carbons (Fsp3) is 0.889. The first-order chi connectivity index (χ1) is 8.27. The van der Waals surface area contributed by atoms with Gasteiger partial charge in [-0.1, -0.05) is 0 Å². The second kappa shape index (κ2) is 5.98. The highest BCUT2D eigenvalue weighted by molar-refractivity contribution is 7.92. The lowest BCUT2D eigenvalue weighted by Crippen LogP contribution is -2.40. The molecule has 7 nitrogen and oxygen atoms in total. The van der Waals surface area contributed by atoms with E-state index in [0.29, 0.717) is 0 Å². The van der Waals surface area contributed by atoms with E-state index in [1.54, 1.807) is 0 Å². The van der Waals surface area contributed by atoms with Crippen LogP contribution in [-0.4, -0.2) is 53.2 Å². The molecule has 0 unspecified atom stereocenters. The first-order valence-electron chi connectivity index (χ1n) is 5.52. The summed E-state index contributed by atoms with van der Waals surface area (Å²) in [6, 6.07) is 0. The Labute approximate surface area is 107 Å². The Morgan fingerprint density at radius 2 is 1.89 bits per heavy atom. The van der Waals surface area contributed by atoms with Crippen molar-refractivity contribution < 1.29 is 26.4 Å². The predicted molar refractivity (Wildman–Crippen MR) is 65.2 cm³/mol. The summed E-state index contributed by atoms with van der Waals surface area (Å²) in [4.78, 5) is 10.8. The van der Waals surface area contributed by atoms with Gasteiger partial charge in [0.1, 0.15) is 9.84 Å². The molecule has 1 saturated heterocycles. The van der Waals surface area contributed by atoms with Gasteiger partial charge in [-0.05, 0) is 12.8 Å². The summed E-state index contributed by atoms with van der Waals surface area (Å²) in [7, 11) is -5.41. The topological polar surface area (TPSA) is 107 Å². The van der Waals surface area contributed by atoms with Gasteiger partial charge in [-0.25, -0.2) is 21.6 Å². The second-order valence-corrected chi connectivity index (χ2v) is 8.47. The number of sulfonamides is 1. The van der Waals surface area contributed by atoms with Crippen LogP contribution in [-0.2, 0) is 29.4 Å². The summed E-state index contributed by atoms with van der Waals surface area (Å²) in [5.74, 6) is -0.700. The number of ether oxygens (including phenoxy) is 1. The molecule has 1 aliphatic heterocycles. The van der Waals surface area contributed by atoms with Crippen molar-refractivity contribution >= 4 is 25.8 Å². The van der Waals surface area contributed by atoms with Crippen LogP contribution in [0.2, 0.25) is 0 Å². The lowest BCUT2D eigenvalue weighted by Gasteiger charge is -2.22. The van der Waals surface area contributed by atoms with Crippen molar-refractivity contribution in [3.8, 4) is 0 Å². The first kappa shape index (κ1) is 15.4. The lowest BCUT2D eigenvalue weighted by molar-refractivity contribution is -0.140. The molecular weight excluding hydrogens is 282 g/mol. The molecule has 1 fully saturated rings. The summed E-state index contributed by atoms with van der Waals surface area (Å²) in [6.45, 7) is -0.0295. The average Bonchev–Trinajstić information content (AvgIpc) is 2.28. The van der Waals surface area contributed by atoms with Crippen LogP contribution in [0.1, 0.15) is 19.3 Å². The van der Waals surface area contributed by atoms with Gasteiger partial charge in [0, 0.05) is 6.54 Å². The van der Waals surface area contributed by atoms with Crippen LogP contribution in [0.4, 0.5) is 0 Å². The van der Waals surface area contributed by atoms with Crippen molar-refractivity contribution in [1.82, 2.24) is 4.72 Å². The van der Waals surface area contributed by atoms with Crippen molar-refractivity contribution in [2.45, 2.75) is 24.5 Å². The third-order valence-electron chi connectivity index (χ3n) is 2.80. The van der Waals surface area contributed by atoms with Crippen LogP contribution in [0.25, 0.3) is 0 Å². The highest BCUT2D eigenvalue weighted by Gasteiger charge is 2.32. The smallest absolute Gasteiger partial charge is 0.306 e. The van der Waals surface area contributed by atoms with Crippen molar-refractivity contribution in [1.29, 1.82) is 0 Å². The fourth-order valence-electron chi connectivity index (χ4n) is 1.69. The van der Waals surface area contributed by atoms with E-state index >= 15 is 0 Å². The standard InChI is InChI=1S/C9H17NO6S2/c1-16-9(11)2-5-10-18(14,15)8-3-6-17(12,13)7-4-8/h8,10H,2-7H2,1H3. The maximum atomic E-state index is 11.8. The van der Waals surface area contributed by atoms with Crippen molar-refractivity contribution in [3.05, 3.63) is 0 Å². The van der Waals surface area contributed by atoms with E-state index in [9.17, 15) is 21.6 Å². The maximum absolute atomic E-state index is 11.8. The Hall–Kier alpha value is -0.670. The van der Waals surface area contributed by atoms with E-state index in [4.69, 9.17) is 0 Å². The second-order valence-electron chi connectivity index (χ2n) is 4.12. The average molecular weight is 299 g/mol. The van der Waals surface area contributed by atoms with E-state index < -0.39 is 31.1 Å². The minimum absolute atomic E-state index is 0.0295. The summed E-state index contributed by atoms with van der Waals surface area (Å²) in [5, 5.41) is -0.696. The molecule has 0 bridgehead atoms. The third kappa shape index (κ3) is 4.54. The number of sulfone groups is 1. The molecule has 0 aromatic rings. The van der Waals surface area contributed by atoms with Gasteiger partial charge in [0.2, 0.25) is 10.0 Å². The van der Waals surface area contributed by atoms with Crippen LogP contribution >= 0.6 is 0 Å². The van der Waals surface area contributed by atoms with Crippen LogP contribution < -0.4 is 4.72 Å². The van der Waals surface area contributed by atoms with Crippen LogP contribution in [0, 0.1) is 0 Å². The maximum Gasteiger partial charge on any atom is 0.306 e. The molecule has 0 saturated carbocycles. The zero-order valence-electron chi connectivity index (χ0n) is 10.1. The molecular formula is C9H17NO6S2. The van der Waals surface area contributed by atoms with Gasteiger partial charge in [0.25, 0.3) is 0 Å². The predicted octanol–water partition coefficient (Wildman–Crippen LogP) is -0.954. The molecule has 0 radical (unpaired) electrons. The van der Waals surface area contributed by atoms with E-state index in [0.717, 1.165) is 0 Å². The molecule has 18 heavy (non-hydrogen) atoms. The lowest BCUT2D eigenvalue weighted by atomic mass is 10.2. The highest BCUT2D eigenvalue weighted by atomic mass is 32.2. The molecule has 0 amide bonds. The molecule has 1 rings (SSSR count). The number of nitrogens with one attached hydrogen (secondary N) is 1. The number of hydrogen-bond acceptors (Lipinski definition) is 6. The SMILES string of the molecule is COC(=O)CCNS(=O)(=O)C1CCS(=O)(=O)CC1.